The molecule has 0 aliphatic rings. The first kappa shape index (κ1) is 37.1. The summed E-state index contributed by atoms with van der Waals surface area (Å²) in [6.07, 6.45) is 2.37. The van der Waals surface area contributed by atoms with Crippen molar-refractivity contribution in [1.82, 2.24) is 0 Å². The Balaban J connectivity index is 2.92. The van der Waals surface area contributed by atoms with Crippen molar-refractivity contribution in [3.8, 4) is 5.75 Å². The molecule has 2 unspecified atom stereocenters. The minimum atomic E-state index is -2.75. The second-order valence-corrected chi connectivity index (χ2v) is 11.8. The number of carbonyl (C=O) groups excluding carboxylic acids is 4. The Morgan fingerprint density at radius 1 is 0.829 bits per heavy atom. The van der Waals surface area contributed by atoms with E-state index in [0.717, 1.165) is 32.1 Å². The van der Waals surface area contributed by atoms with Crippen LogP contribution in [0.25, 0.3) is 0 Å². The van der Waals surface area contributed by atoms with Crippen molar-refractivity contribution in [2.24, 2.45) is 0 Å². The fraction of sp³-hybridized carbons (Fsp3) is 0.480. The summed E-state index contributed by atoms with van der Waals surface area (Å²) < 4.78 is 16.6. The summed E-state index contributed by atoms with van der Waals surface area (Å²) in [5.74, 6) is -7.83. The Morgan fingerprint density at radius 2 is 1.41 bits per heavy atom. The van der Waals surface area contributed by atoms with Gasteiger partial charge in [0.2, 0.25) is 12.2 Å². The maximum absolute atomic E-state index is 12.7. The van der Waals surface area contributed by atoms with Crippen LogP contribution >= 0.6 is 69.6 Å². The molecular formula is C25H26Cl6O10. The van der Waals surface area contributed by atoms with Gasteiger partial charge >= 0.3 is 29.8 Å². The third-order valence-electron chi connectivity index (χ3n) is 5.05. The maximum Gasteiger partial charge on any atom is 0.359 e. The largest absolute Gasteiger partial charge is 0.480 e. The van der Waals surface area contributed by atoms with E-state index in [-0.39, 0.29) is 27.2 Å². The van der Waals surface area contributed by atoms with Gasteiger partial charge in [-0.1, -0.05) is 101 Å². The van der Waals surface area contributed by atoms with Crippen LogP contribution in [0.3, 0.4) is 0 Å². The van der Waals surface area contributed by atoms with Gasteiger partial charge in [-0.25, -0.2) is 19.2 Å². The minimum Gasteiger partial charge on any atom is -0.480 e. The number of unbranched alkanes of at least 4 members (excludes halogenated alkanes) is 6. The van der Waals surface area contributed by atoms with E-state index in [1.807, 2.05) is 6.08 Å². The fourth-order valence-corrected chi connectivity index (χ4v) is 3.80. The van der Waals surface area contributed by atoms with Crippen LogP contribution in [-0.2, 0) is 38.2 Å². The number of carboxylic acid groups (broad SMARTS) is 1. The molecule has 0 heterocycles. The summed E-state index contributed by atoms with van der Waals surface area (Å²) in [5.41, 5.74) is 0. The number of allylic oxidation sites excluding steroid dienone is 1. The smallest absolute Gasteiger partial charge is 0.359 e. The Morgan fingerprint density at radius 3 is 2.00 bits per heavy atom. The highest BCUT2D eigenvalue weighted by Gasteiger charge is 2.45. The number of benzene rings is 1. The maximum atomic E-state index is 12.7. The molecule has 0 aliphatic heterocycles. The molecule has 1 N–H and O–H groups in total. The molecule has 0 aliphatic carbocycles. The number of carboxylic acids is 1. The Bertz CT molecular complexity index is 1110. The lowest BCUT2D eigenvalue weighted by atomic mass is 10.1. The first-order valence-electron chi connectivity index (χ1n) is 12.0. The molecule has 0 saturated heterocycles. The van der Waals surface area contributed by atoms with E-state index in [1.54, 1.807) is 0 Å². The fourth-order valence-electron chi connectivity index (χ4n) is 3.07. The van der Waals surface area contributed by atoms with Crippen LogP contribution in [0.5, 0.6) is 5.75 Å². The van der Waals surface area contributed by atoms with Crippen LogP contribution in [0.4, 0.5) is 0 Å². The Kier molecular flexibility index (Phi) is 16.8. The van der Waals surface area contributed by atoms with E-state index >= 15 is 0 Å². The van der Waals surface area contributed by atoms with Gasteiger partial charge in [0, 0.05) is 12.5 Å². The van der Waals surface area contributed by atoms with E-state index in [1.165, 1.54) is 12.1 Å². The molecule has 41 heavy (non-hydrogen) atoms. The van der Waals surface area contributed by atoms with E-state index in [9.17, 15) is 29.1 Å². The monoisotopic (exact) mass is 696 g/mol. The van der Waals surface area contributed by atoms with Crippen LogP contribution in [0.2, 0.25) is 15.1 Å². The number of aliphatic carboxylic acids is 1. The van der Waals surface area contributed by atoms with E-state index in [4.69, 9.17) is 79.1 Å². The van der Waals surface area contributed by atoms with Gasteiger partial charge in [-0.05, 0) is 25.3 Å². The zero-order valence-electron chi connectivity index (χ0n) is 21.3. The molecule has 0 radical (unpaired) electrons. The molecule has 228 valence electrons. The highest BCUT2D eigenvalue weighted by Crippen LogP contribution is 2.34. The summed E-state index contributed by atoms with van der Waals surface area (Å²) in [6.45, 7) is 2.72. The van der Waals surface area contributed by atoms with Crippen LogP contribution in [-0.4, -0.2) is 57.6 Å². The zero-order valence-corrected chi connectivity index (χ0v) is 25.9. The average Bonchev–Trinajstić information content (AvgIpc) is 2.88. The van der Waals surface area contributed by atoms with Gasteiger partial charge in [-0.3, -0.25) is 4.79 Å². The summed E-state index contributed by atoms with van der Waals surface area (Å²) in [6, 6.07) is 2.42. The molecule has 0 saturated carbocycles. The summed E-state index contributed by atoms with van der Waals surface area (Å²) in [7, 11) is 0. The minimum absolute atomic E-state index is 0.0365. The van der Waals surface area contributed by atoms with Gasteiger partial charge in [-0.2, -0.15) is 0 Å². The zero-order chi connectivity index (χ0) is 31.2. The molecular weight excluding hydrogens is 673 g/mol. The molecule has 1 aromatic rings. The summed E-state index contributed by atoms with van der Waals surface area (Å²) in [5, 5.41) is 9.66. The lowest BCUT2D eigenvalue weighted by Gasteiger charge is -2.23. The highest BCUT2D eigenvalue weighted by molar-refractivity contribution is 6.75. The molecule has 0 bridgehead atoms. The van der Waals surface area contributed by atoms with Crippen LogP contribution in [0, 0.1) is 0 Å². The number of ether oxygens (including phenoxy) is 4. The number of halogens is 6. The van der Waals surface area contributed by atoms with Crippen LogP contribution < -0.4 is 4.74 Å². The first-order valence-corrected chi connectivity index (χ1v) is 14.3. The van der Waals surface area contributed by atoms with Crippen LogP contribution in [0.1, 0.15) is 51.4 Å². The lowest BCUT2D eigenvalue weighted by Crippen LogP contribution is -2.48. The lowest BCUT2D eigenvalue weighted by molar-refractivity contribution is -0.191. The van der Waals surface area contributed by atoms with Crippen molar-refractivity contribution >= 4 is 99.5 Å². The van der Waals surface area contributed by atoms with Gasteiger partial charge < -0.3 is 24.1 Å². The third-order valence-corrected chi connectivity index (χ3v) is 6.53. The standard InChI is InChI=1S/C25H26Cl6O10/c1-2-3-4-5-6-7-8-9-10-18(32)40-23(36)21(20(22(34)35)41-24(37)25(29,30)31)39-19(33)13-38-17-12-15(27)14(26)11-16(17)28/h2,11-12,20-21H,1,3-10,13H2,(H,34,35). The van der Waals surface area contributed by atoms with Crippen molar-refractivity contribution in [3.63, 3.8) is 0 Å². The predicted molar refractivity (Wildman–Crippen MR) is 153 cm³/mol. The van der Waals surface area contributed by atoms with E-state index < -0.39 is 52.5 Å². The van der Waals surface area contributed by atoms with Crippen molar-refractivity contribution in [1.29, 1.82) is 0 Å². The van der Waals surface area contributed by atoms with E-state index in [2.05, 4.69) is 16.1 Å². The van der Waals surface area contributed by atoms with E-state index in [0.29, 0.717) is 12.8 Å². The second-order valence-electron chi connectivity index (χ2n) is 8.30. The van der Waals surface area contributed by atoms with Gasteiger partial charge in [0.1, 0.15) is 5.75 Å². The van der Waals surface area contributed by atoms with Crippen molar-refractivity contribution in [2.45, 2.75) is 67.4 Å². The first-order chi connectivity index (χ1) is 19.2. The number of hydrogen-bond acceptors (Lipinski definition) is 9. The number of carbonyl (C=O) groups is 5. The topological polar surface area (TPSA) is 142 Å². The number of alkyl halides is 3. The molecule has 0 spiro atoms. The van der Waals surface area contributed by atoms with Gasteiger partial charge in [0.05, 0.1) is 15.1 Å². The molecule has 10 nitrogen and oxygen atoms in total. The number of rotatable bonds is 17. The van der Waals surface area contributed by atoms with Crippen LogP contribution in [0.15, 0.2) is 24.8 Å². The number of hydrogen-bond donors (Lipinski definition) is 1. The predicted octanol–water partition coefficient (Wildman–Crippen LogP) is 6.68. The Labute approximate surface area is 266 Å². The van der Waals surface area contributed by atoms with Gasteiger partial charge in [-0.15, -0.1) is 6.58 Å². The van der Waals surface area contributed by atoms with Crippen molar-refractivity contribution in [2.75, 3.05) is 6.61 Å². The molecule has 1 aromatic carbocycles. The average molecular weight is 699 g/mol. The van der Waals surface area contributed by atoms with Crippen molar-refractivity contribution in [3.05, 3.63) is 39.9 Å². The molecule has 0 aromatic heterocycles. The Hall–Kier alpha value is -1.95. The quantitative estimate of drug-likeness (QED) is 0.0356. The van der Waals surface area contributed by atoms with Crippen molar-refractivity contribution < 1.29 is 48.0 Å². The molecule has 0 amide bonds. The molecule has 16 heteroatoms. The SMILES string of the molecule is C=CCCCCCCCCC(=O)OC(=O)C(OC(=O)COc1cc(Cl)c(Cl)cc1Cl)C(OC(=O)C(Cl)(Cl)Cl)C(=O)O. The molecule has 0 fully saturated rings. The number of esters is 4. The third kappa shape index (κ3) is 14.2. The van der Waals surface area contributed by atoms with Gasteiger partial charge in [0.15, 0.2) is 6.61 Å². The van der Waals surface area contributed by atoms with Gasteiger partial charge in [0.25, 0.3) is 3.79 Å². The second kappa shape index (κ2) is 18.6. The normalized spacial score (nSPS) is 12.5. The highest BCUT2D eigenvalue weighted by atomic mass is 35.6. The molecule has 1 rings (SSSR count). The summed E-state index contributed by atoms with van der Waals surface area (Å²) >= 11 is 33.9. The molecule has 2 atom stereocenters. The summed E-state index contributed by atoms with van der Waals surface area (Å²) in [4.78, 5) is 61.3.